The molecule has 1 saturated heterocycles. The summed E-state index contributed by atoms with van der Waals surface area (Å²) in [7, 11) is 0. The molecule has 3 aromatic rings. The molecule has 1 aliphatic heterocycles. The number of nitrogens with zero attached hydrogens (tertiary/aromatic N) is 4. The summed E-state index contributed by atoms with van der Waals surface area (Å²) in [6.45, 7) is 7.93. The van der Waals surface area contributed by atoms with Gasteiger partial charge < -0.3 is 9.80 Å². The number of aromatic nitrogens is 4. The van der Waals surface area contributed by atoms with Crippen LogP contribution in [0.15, 0.2) is 54.9 Å². The summed E-state index contributed by atoms with van der Waals surface area (Å²) in [6, 6.07) is 14.7. The van der Waals surface area contributed by atoms with Crippen LogP contribution in [0.1, 0.15) is 11.4 Å². The van der Waals surface area contributed by atoms with E-state index in [9.17, 15) is 0 Å². The second-order valence-corrected chi connectivity index (χ2v) is 7.42. The van der Waals surface area contributed by atoms with Gasteiger partial charge in [-0.15, -0.1) is 0 Å². The van der Waals surface area contributed by atoms with Gasteiger partial charge in [0.15, 0.2) is 19.1 Å². The molecule has 2 N–H and O–H groups in total. The van der Waals surface area contributed by atoms with Gasteiger partial charge in [0.1, 0.15) is 5.82 Å². The van der Waals surface area contributed by atoms with E-state index in [1.54, 1.807) is 0 Å². The maximum atomic E-state index is 5.72. The van der Waals surface area contributed by atoms with E-state index in [-0.39, 0.29) is 0 Å². The lowest BCUT2D eigenvalue weighted by Gasteiger charge is -2.33. The molecule has 27 heavy (non-hydrogen) atoms. The Hall–Kier alpha value is -2.51. The van der Waals surface area contributed by atoms with Crippen molar-refractivity contribution in [3.8, 4) is 0 Å². The summed E-state index contributed by atoms with van der Waals surface area (Å²) in [5.41, 5.74) is 2.53. The normalized spacial score (nSPS) is 15.2. The number of aromatic amines is 1. The Morgan fingerprint density at radius 2 is 1.78 bits per heavy atom. The Bertz CT molecular complexity index is 926. The Morgan fingerprint density at radius 3 is 2.48 bits per heavy atom. The van der Waals surface area contributed by atoms with Crippen molar-refractivity contribution in [2.75, 3.05) is 31.1 Å². The highest BCUT2D eigenvalue weighted by molar-refractivity contribution is 7.71. The van der Waals surface area contributed by atoms with E-state index in [0.717, 1.165) is 50.0 Å². The molecule has 1 aromatic carbocycles. The first-order valence-corrected chi connectivity index (χ1v) is 9.84. The average molecular weight is 383 g/mol. The van der Waals surface area contributed by atoms with Crippen molar-refractivity contribution in [1.29, 1.82) is 0 Å². The van der Waals surface area contributed by atoms with Crippen LogP contribution in [0.3, 0.4) is 0 Å². The van der Waals surface area contributed by atoms with Crippen molar-refractivity contribution in [2.24, 2.45) is 0 Å². The van der Waals surface area contributed by atoms with Crippen LogP contribution in [0.25, 0.3) is 0 Å². The van der Waals surface area contributed by atoms with E-state index in [4.69, 9.17) is 17.3 Å². The summed E-state index contributed by atoms with van der Waals surface area (Å²) in [5.74, 6) is 0.974. The number of quaternary nitrogens is 1. The molecule has 0 saturated carbocycles. The van der Waals surface area contributed by atoms with Crippen molar-refractivity contribution in [2.45, 2.75) is 20.1 Å². The topological polar surface area (TPSA) is 44.6 Å². The van der Waals surface area contributed by atoms with Gasteiger partial charge in [-0.2, -0.15) is 9.78 Å². The lowest BCUT2D eigenvalue weighted by molar-refractivity contribution is -0.924. The second kappa shape index (κ2) is 8.02. The van der Waals surface area contributed by atoms with Crippen LogP contribution in [0, 0.1) is 11.7 Å². The van der Waals surface area contributed by atoms with Gasteiger partial charge in [0.05, 0.1) is 32.7 Å². The third kappa shape index (κ3) is 4.09. The minimum Gasteiger partial charge on any atom is -0.360 e. The number of benzene rings is 1. The van der Waals surface area contributed by atoms with E-state index in [1.165, 1.54) is 16.2 Å². The molecule has 0 aliphatic carbocycles. The lowest BCUT2D eigenvalue weighted by Crippen LogP contribution is -3.14. The highest BCUT2D eigenvalue weighted by Gasteiger charge is 2.22. The molecule has 7 heteroatoms. The number of piperazine rings is 1. The van der Waals surface area contributed by atoms with Gasteiger partial charge in [0.2, 0.25) is 4.77 Å². The van der Waals surface area contributed by atoms with Crippen molar-refractivity contribution in [3.63, 3.8) is 0 Å². The summed E-state index contributed by atoms with van der Waals surface area (Å²) in [6.07, 6.45) is 3.96. The Morgan fingerprint density at radius 1 is 1.07 bits per heavy atom. The fourth-order valence-electron chi connectivity index (χ4n) is 3.64. The number of pyridine rings is 1. The first-order valence-electron chi connectivity index (χ1n) is 9.43. The summed E-state index contributed by atoms with van der Waals surface area (Å²) < 4.78 is 4.93. The van der Waals surface area contributed by atoms with Crippen molar-refractivity contribution >= 4 is 17.9 Å². The van der Waals surface area contributed by atoms with E-state index >= 15 is 0 Å². The van der Waals surface area contributed by atoms with Crippen LogP contribution in [-0.4, -0.2) is 40.5 Å². The number of H-pyrrole nitrogens is 1. The quantitative estimate of drug-likeness (QED) is 0.668. The predicted molar refractivity (Wildman–Crippen MR) is 107 cm³/mol. The smallest absolute Gasteiger partial charge is 0.203 e. The van der Waals surface area contributed by atoms with Crippen LogP contribution < -0.4 is 14.8 Å². The molecule has 0 spiro atoms. The predicted octanol–water partition coefficient (Wildman–Crippen LogP) is 0.948. The van der Waals surface area contributed by atoms with Gasteiger partial charge in [-0.1, -0.05) is 30.3 Å². The highest BCUT2D eigenvalue weighted by atomic mass is 32.1. The fourth-order valence-corrected chi connectivity index (χ4v) is 3.94. The standard InChI is InChI=1S/C20H24N6S/c1-17-22-26(20(27)25(17)15-18-5-3-2-4-6-18)16-23-11-13-24(14-12-23)19-7-9-21-10-8-19/h2-10H,11-16H2,1H3/p+2. The number of anilines is 1. The maximum Gasteiger partial charge on any atom is 0.203 e. The van der Waals surface area contributed by atoms with Gasteiger partial charge in [-0.25, -0.2) is 4.98 Å². The Balaban J connectivity index is 1.41. The van der Waals surface area contributed by atoms with Gasteiger partial charge in [-0.3, -0.25) is 4.57 Å². The molecular weight excluding hydrogens is 356 g/mol. The SMILES string of the molecule is Cc1nn(C[NH+]2CCN(c3cc[nH+]cc3)CC2)c(=S)n1Cc1ccccc1. The molecule has 0 bridgehead atoms. The van der Waals surface area contributed by atoms with E-state index in [2.05, 4.69) is 50.8 Å². The van der Waals surface area contributed by atoms with Crippen LogP contribution >= 0.6 is 12.2 Å². The molecule has 1 aliphatic rings. The molecule has 3 heterocycles. The first-order chi connectivity index (χ1) is 13.2. The maximum absolute atomic E-state index is 5.72. The fraction of sp³-hybridized carbons (Fsp3) is 0.350. The van der Waals surface area contributed by atoms with Gasteiger partial charge >= 0.3 is 0 Å². The van der Waals surface area contributed by atoms with Crippen LogP contribution in [0.4, 0.5) is 5.69 Å². The zero-order valence-corrected chi connectivity index (χ0v) is 16.5. The van der Waals surface area contributed by atoms with E-state index in [1.807, 2.05) is 30.1 Å². The summed E-state index contributed by atoms with van der Waals surface area (Å²) >= 11 is 5.72. The second-order valence-electron chi connectivity index (χ2n) is 7.05. The molecule has 1 fully saturated rings. The lowest BCUT2D eigenvalue weighted by atomic mass is 10.2. The minimum absolute atomic E-state index is 0.777. The Kier molecular flexibility index (Phi) is 5.31. The number of nitrogens with one attached hydrogen (secondary N) is 2. The van der Waals surface area contributed by atoms with E-state index in [0.29, 0.717) is 0 Å². The monoisotopic (exact) mass is 382 g/mol. The first kappa shape index (κ1) is 17.9. The molecule has 4 rings (SSSR count). The number of aryl methyl sites for hydroxylation is 1. The third-order valence-electron chi connectivity index (χ3n) is 5.20. The molecular formula is C20H26N6S+2. The molecule has 0 atom stereocenters. The number of hydrogen-bond donors (Lipinski definition) is 1. The molecule has 0 amide bonds. The number of hydrogen-bond acceptors (Lipinski definition) is 3. The van der Waals surface area contributed by atoms with Gasteiger partial charge in [0, 0.05) is 17.8 Å². The minimum atomic E-state index is 0.777. The zero-order chi connectivity index (χ0) is 18.6. The van der Waals surface area contributed by atoms with Gasteiger partial charge in [0.25, 0.3) is 0 Å². The summed E-state index contributed by atoms with van der Waals surface area (Å²) in [4.78, 5) is 7.05. The van der Waals surface area contributed by atoms with Crippen molar-refractivity contribution in [3.05, 3.63) is 71.0 Å². The van der Waals surface area contributed by atoms with Gasteiger partial charge in [-0.05, 0) is 24.7 Å². The third-order valence-corrected chi connectivity index (χ3v) is 5.63. The average Bonchev–Trinajstić information content (AvgIpc) is 2.97. The Labute approximate surface area is 164 Å². The van der Waals surface area contributed by atoms with Crippen LogP contribution in [0.2, 0.25) is 0 Å². The molecule has 2 aromatic heterocycles. The highest BCUT2D eigenvalue weighted by Crippen LogP contribution is 2.10. The largest absolute Gasteiger partial charge is 0.360 e. The molecule has 6 nitrogen and oxygen atoms in total. The molecule has 0 radical (unpaired) electrons. The zero-order valence-electron chi connectivity index (χ0n) is 15.6. The van der Waals surface area contributed by atoms with Crippen molar-refractivity contribution in [1.82, 2.24) is 14.3 Å². The summed E-state index contributed by atoms with van der Waals surface area (Å²) in [5, 5.41) is 4.71. The van der Waals surface area contributed by atoms with E-state index < -0.39 is 0 Å². The van der Waals surface area contributed by atoms with Crippen LogP contribution in [-0.2, 0) is 13.2 Å². The van der Waals surface area contributed by atoms with Crippen LogP contribution in [0.5, 0.6) is 0 Å². The molecule has 0 unspecified atom stereocenters. The van der Waals surface area contributed by atoms with Crippen molar-refractivity contribution < 1.29 is 9.88 Å². The number of rotatable bonds is 5. The molecule has 140 valence electrons.